The largest absolute Gasteiger partial charge is 0.493 e. The Kier molecular flexibility index (Phi) is 5.68. The molecule has 0 aliphatic heterocycles. The van der Waals surface area contributed by atoms with Crippen molar-refractivity contribution in [1.82, 2.24) is 15.8 Å². The Morgan fingerprint density at radius 2 is 1.81 bits per heavy atom. The molecule has 8 nitrogen and oxygen atoms in total. The molecule has 0 atom stereocenters. The third kappa shape index (κ3) is 4.63. The maximum Gasteiger partial charge on any atom is 0.305 e. The fraction of sp³-hybridized carbons (Fsp3) is 0.105. The van der Waals surface area contributed by atoms with Crippen LogP contribution in [0.1, 0.15) is 26.5 Å². The topological polar surface area (TPSA) is 103 Å². The molecule has 0 saturated heterocycles. The molecule has 3 aromatic rings. The molecule has 0 bridgehead atoms. The van der Waals surface area contributed by atoms with Crippen molar-refractivity contribution >= 4 is 11.8 Å². The van der Waals surface area contributed by atoms with Gasteiger partial charge in [0.1, 0.15) is 6.61 Å². The number of rotatable bonds is 6. The summed E-state index contributed by atoms with van der Waals surface area (Å²) in [7, 11) is 1.51. The molecule has 3 rings (SSSR count). The number of hydrazine groups is 1. The first-order chi connectivity index (χ1) is 13.2. The second-order valence-electron chi connectivity index (χ2n) is 5.40. The predicted molar refractivity (Wildman–Crippen MR) is 95.2 cm³/mol. The van der Waals surface area contributed by atoms with Crippen molar-refractivity contribution in [2.24, 2.45) is 0 Å². The highest BCUT2D eigenvalue weighted by atomic mass is 16.5. The van der Waals surface area contributed by atoms with Gasteiger partial charge < -0.3 is 13.9 Å². The Bertz CT molecular complexity index is 910. The summed E-state index contributed by atoms with van der Waals surface area (Å²) in [5.74, 6) is -0.0895. The highest BCUT2D eigenvalue weighted by molar-refractivity contribution is 5.98. The van der Waals surface area contributed by atoms with Crippen LogP contribution in [0.3, 0.4) is 0 Å². The minimum Gasteiger partial charge on any atom is -0.493 e. The van der Waals surface area contributed by atoms with Crippen LogP contribution in [-0.2, 0) is 6.61 Å². The van der Waals surface area contributed by atoms with Gasteiger partial charge in [-0.25, -0.2) is 0 Å². The van der Waals surface area contributed by atoms with Crippen LogP contribution in [-0.4, -0.2) is 23.9 Å². The first-order valence-electron chi connectivity index (χ1n) is 8.01. The summed E-state index contributed by atoms with van der Waals surface area (Å²) < 4.78 is 16.0. The van der Waals surface area contributed by atoms with Crippen molar-refractivity contribution in [1.29, 1.82) is 0 Å². The zero-order chi connectivity index (χ0) is 19.1. The number of nitrogens with one attached hydrogen (secondary N) is 2. The lowest BCUT2D eigenvalue weighted by atomic mass is 10.2. The normalized spacial score (nSPS) is 10.1. The van der Waals surface area contributed by atoms with Gasteiger partial charge in [-0.05, 0) is 48.0 Å². The number of benzene rings is 1. The van der Waals surface area contributed by atoms with E-state index in [1.54, 1.807) is 30.6 Å². The van der Waals surface area contributed by atoms with Crippen molar-refractivity contribution in [3.8, 4) is 11.5 Å². The molecule has 0 fully saturated rings. The molecule has 0 aliphatic carbocycles. The maximum atomic E-state index is 12.3. The Labute approximate surface area is 155 Å². The summed E-state index contributed by atoms with van der Waals surface area (Å²) in [6.45, 7) is 0.291. The highest BCUT2D eigenvalue weighted by Crippen LogP contribution is 2.28. The quantitative estimate of drug-likeness (QED) is 0.648. The van der Waals surface area contributed by atoms with Gasteiger partial charge in [0.25, 0.3) is 5.91 Å². The number of amides is 2. The van der Waals surface area contributed by atoms with Crippen molar-refractivity contribution in [2.75, 3.05) is 7.11 Å². The molecule has 0 spiro atoms. The van der Waals surface area contributed by atoms with Gasteiger partial charge >= 0.3 is 5.91 Å². The summed E-state index contributed by atoms with van der Waals surface area (Å²) in [6.07, 6.45) is 4.70. The van der Waals surface area contributed by atoms with E-state index in [-0.39, 0.29) is 5.76 Å². The number of nitrogens with zero attached hydrogens (tertiary/aromatic N) is 1. The third-order valence-electron chi connectivity index (χ3n) is 3.60. The number of ether oxygens (including phenoxy) is 2. The molecule has 0 aliphatic rings. The fourth-order valence-electron chi connectivity index (χ4n) is 2.23. The van der Waals surface area contributed by atoms with E-state index in [4.69, 9.17) is 13.9 Å². The van der Waals surface area contributed by atoms with E-state index < -0.39 is 11.8 Å². The van der Waals surface area contributed by atoms with Crippen LogP contribution in [0.4, 0.5) is 0 Å². The Morgan fingerprint density at radius 1 is 1.04 bits per heavy atom. The van der Waals surface area contributed by atoms with Crippen LogP contribution in [0.15, 0.2) is 65.5 Å². The van der Waals surface area contributed by atoms with E-state index in [0.29, 0.717) is 23.7 Å². The molecule has 2 N–H and O–H groups in total. The number of aromatic nitrogens is 1. The molecule has 0 radical (unpaired) electrons. The van der Waals surface area contributed by atoms with E-state index in [1.165, 1.54) is 25.5 Å². The second kappa shape index (κ2) is 8.52. The van der Waals surface area contributed by atoms with Crippen LogP contribution in [0, 0.1) is 0 Å². The first kappa shape index (κ1) is 18.0. The lowest BCUT2D eigenvalue weighted by molar-refractivity contribution is 0.0830. The maximum absolute atomic E-state index is 12.3. The van der Waals surface area contributed by atoms with Crippen molar-refractivity contribution in [3.05, 3.63) is 78.0 Å². The van der Waals surface area contributed by atoms with E-state index in [2.05, 4.69) is 15.8 Å². The number of furan rings is 1. The number of hydrogen-bond acceptors (Lipinski definition) is 6. The minimum absolute atomic E-state index is 0.0893. The minimum atomic E-state index is -0.559. The van der Waals surface area contributed by atoms with E-state index >= 15 is 0 Å². The molecular formula is C19H17N3O5. The van der Waals surface area contributed by atoms with Gasteiger partial charge in [-0.2, -0.15) is 0 Å². The molecule has 27 heavy (non-hydrogen) atoms. The molecule has 0 saturated carbocycles. The molecule has 0 unspecified atom stereocenters. The Morgan fingerprint density at radius 3 is 2.52 bits per heavy atom. The van der Waals surface area contributed by atoms with E-state index in [1.807, 2.05) is 12.1 Å². The first-order valence-corrected chi connectivity index (χ1v) is 8.01. The Hall–Kier alpha value is -3.81. The van der Waals surface area contributed by atoms with Gasteiger partial charge in [0.05, 0.1) is 13.4 Å². The van der Waals surface area contributed by atoms with Gasteiger partial charge in [-0.15, -0.1) is 0 Å². The van der Waals surface area contributed by atoms with Crippen molar-refractivity contribution in [3.63, 3.8) is 0 Å². The van der Waals surface area contributed by atoms with Crippen LogP contribution >= 0.6 is 0 Å². The monoisotopic (exact) mass is 367 g/mol. The number of methoxy groups -OCH3 is 1. The predicted octanol–water partition coefficient (Wildman–Crippen LogP) is 2.34. The average Bonchev–Trinajstić information content (AvgIpc) is 3.25. The van der Waals surface area contributed by atoms with E-state index in [0.717, 1.165) is 5.56 Å². The summed E-state index contributed by atoms with van der Waals surface area (Å²) >= 11 is 0. The molecule has 2 amide bonds. The van der Waals surface area contributed by atoms with Crippen LogP contribution in [0.5, 0.6) is 11.5 Å². The molecule has 1 aromatic carbocycles. The number of carbonyl (C=O) groups excluding carboxylic acids is 2. The summed E-state index contributed by atoms with van der Waals surface area (Å²) in [4.78, 5) is 28.0. The second-order valence-corrected chi connectivity index (χ2v) is 5.40. The van der Waals surface area contributed by atoms with Gasteiger partial charge in [0.2, 0.25) is 0 Å². The Balaban J connectivity index is 1.66. The number of pyridine rings is 1. The van der Waals surface area contributed by atoms with Crippen LogP contribution in [0.25, 0.3) is 0 Å². The summed E-state index contributed by atoms with van der Waals surface area (Å²) in [6, 6.07) is 11.4. The number of carbonyl (C=O) groups is 2. The fourth-order valence-corrected chi connectivity index (χ4v) is 2.23. The van der Waals surface area contributed by atoms with E-state index in [9.17, 15) is 9.59 Å². The zero-order valence-electron chi connectivity index (χ0n) is 14.5. The molecule has 2 aromatic heterocycles. The summed E-state index contributed by atoms with van der Waals surface area (Å²) in [5, 5.41) is 0. The molecule has 138 valence electrons. The van der Waals surface area contributed by atoms with Gasteiger partial charge in [-0.1, -0.05) is 0 Å². The van der Waals surface area contributed by atoms with Gasteiger partial charge in [0, 0.05) is 18.0 Å². The SMILES string of the molecule is COc1ccc(C(=O)NNC(=O)c2ccco2)cc1OCc1ccncc1. The lowest BCUT2D eigenvalue weighted by Gasteiger charge is -2.12. The lowest BCUT2D eigenvalue weighted by Crippen LogP contribution is -2.41. The third-order valence-corrected chi connectivity index (χ3v) is 3.60. The highest BCUT2D eigenvalue weighted by Gasteiger charge is 2.14. The zero-order valence-corrected chi connectivity index (χ0v) is 14.5. The average molecular weight is 367 g/mol. The van der Waals surface area contributed by atoms with Crippen molar-refractivity contribution < 1.29 is 23.5 Å². The molecule has 8 heteroatoms. The standard InChI is InChI=1S/C19H17N3O5/c1-25-15-5-4-14(11-17(15)27-12-13-6-8-20-9-7-13)18(23)21-22-19(24)16-3-2-10-26-16/h2-11H,12H2,1H3,(H,21,23)(H,22,24). The van der Waals surface area contributed by atoms with Crippen LogP contribution in [0.2, 0.25) is 0 Å². The molecule has 2 heterocycles. The van der Waals surface area contributed by atoms with Crippen molar-refractivity contribution in [2.45, 2.75) is 6.61 Å². The number of hydrogen-bond donors (Lipinski definition) is 2. The van der Waals surface area contributed by atoms with Gasteiger partial charge in [-0.3, -0.25) is 25.4 Å². The van der Waals surface area contributed by atoms with Gasteiger partial charge in [0.15, 0.2) is 17.3 Å². The molecular weight excluding hydrogens is 350 g/mol. The summed E-state index contributed by atoms with van der Waals surface area (Å²) in [5.41, 5.74) is 5.82. The van der Waals surface area contributed by atoms with Crippen LogP contribution < -0.4 is 20.3 Å². The smallest absolute Gasteiger partial charge is 0.305 e.